The Morgan fingerprint density at radius 1 is 1.26 bits per heavy atom. The number of carbonyl (C=O) groups is 1. The van der Waals surface area contributed by atoms with Crippen LogP contribution < -0.4 is 5.73 Å². The van der Waals surface area contributed by atoms with Gasteiger partial charge in [-0.05, 0) is 25.0 Å². The quantitative estimate of drug-likeness (QED) is 0.818. The van der Waals surface area contributed by atoms with Gasteiger partial charge in [-0.1, -0.05) is 18.2 Å². The monoisotopic (exact) mass is 259 g/mol. The summed E-state index contributed by atoms with van der Waals surface area (Å²) in [5, 5.41) is 0. The first-order valence-electron chi connectivity index (χ1n) is 6.51. The number of amides is 1. The lowest BCUT2D eigenvalue weighted by atomic mass is 9.89. The summed E-state index contributed by atoms with van der Waals surface area (Å²) in [7, 11) is 0. The smallest absolute Gasteiger partial charge is 0.282 e. The van der Waals surface area contributed by atoms with Crippen LogP contribution in [0, 0.1) is 0 Å². The van der Waals surface area contributed by atoms with Crippen molar-refractivity contribution >= 4 is 11.9 Å². The summed E-state index contributed by atoms with van der Waals surface area (Å²) in [4.78, 5) is 18.6. The molecule has 5 heteroatoms. The fourth-order valence-electron chi connectivity index (χ4n) is 2.65. The van der Waals surface area contributed by atoms with Crippen LogP contribution in [0.25, 0.3) is 0 Å². The molecule has 2 heterocycles. The van der Waals surface area contributed by atoms with Crippen molar-refractivity contribution in [1.82, 2.24) is 4.90 Å². The molecule has 2 aliphatic heterocycles. The van der Waals surface area contributed by atoms with Gasteiger partial charge in [0.1, 0.15) is 12.1 Å². The van der Waals surface area contributed by atoms with Crippen LogP contribution in [0.3, 0.4) is 0 Å². The Morgan fingerprint density at radius 3 is 2.53 bits per heavy atom. The molecule has 0 atom stereocenters. The molecule has 1 aromatic rings. The first kappa shape index (κ1) is 12.0. The van der Waals surface area contributed by atoms with Crippen molar-refractivity contribution in [3.8, 4) is 0 Å². The van der Waals surface area contributed by atoms with Gasteiger partial charge in [-0.25, -0.2) is 4.99 Å². The summed E-state index contributed by atoms with van der Waals surface area (Å²) < 4.78 is 5.25. The number of aliphatic imine (C=N–C) groups is 1. The molecule has 0 aromatic heterocycles. The van der Waals surface area contributed by atoms with Crippen LogP contribution in [-0.2, 0) is 4.74 Å². The Morgan fingerprint density at radius 2 is 1.95 bits per heavy atom. The number of carbonyl (C=O) groups excluding carboxylic acids is 1. The number of ether oxygens (including phenoxy) is 1. The maximum atomic E-state index is 12.3. The van der Waals surface area contributed by atoms with Crippen LogP contribution in [0.2, 0.25) is 0 Å². The molecule has 0 bridgehead atoms. The number of likely N-dealkylation sites (tertiary alicyclic amines) is 1. The first-order chi connectivity index (χ1) is 9.19. The number of hydrogen-bond donors (Lipinski definition) is 1. The van der Waals surface area contributed by atoms with Crippen molar-refractivity contribution in [3.63, 3.8) is 0 Å². The van der Waals surface area contributed by atoms with Gasteiger partial charge >= 0.3 is 0 Å². The van der Waals surface area contributed by atoms with Crippen molar-refractivity contribution in [3.05, 3.63) is 35.9 Å². The van der Waals surface area contributed by atoms with Gasteiger partial charge < -0.3 is 15.4 Å². The average Bonchev–Trinajstić information content (AvgIpc) is 2.81. The molecule has 2 N–H and O–H groups in total. The molecule has 0 saturated carbocycles. The Balaban J connectivity index is 1.66. The predicted octanol–water partition coefficient (Wildman–Crippen LogP) is 1.01. The van der Waals surface area contributed by atoms with Gasteiger partial charge in [-0.15, -0.1) is 0 Å². The number of benzene rings is 1. The van der Waals surface area contributed by atoms with E-state index in [9.17, 15) is 4.79 Å². The van der Waals surface area contributed by atoms with Gasteiger partial charge in [0.25, 0.3) is 11.9 Å². The van der Waals surface area contributed by atoms with Gasteiger partial charge in [0.05, 0.1) is 0 Å². The zero-order chi connectivity index (χ0) is 13.3. The number of amidine groups is 1. The van der Waals surface area contributed by atoms with Crippen LogP contribution >= 0.6 is 0 Å². The van der Waals surface area contributed by atoms with Gasteiger partial charge in [0.2, 0.25) is 0 Å². The van der Waals surface area contributed by atoms with Crippen molar-refractivity contribution in [2.24, 2.45) is 10.7 Å². The third-order valence-corrected chi connectivity index (χ3v) is 3.84. The lowest BCUT2D eigenvalue weighted by molar-refractivity contribution is 0.0650. The number of nitrogens with zero attached hydrogens (tertiary/aromatic N) is 2. The second kappa shape index (κ2) is 4.57. The van der Waals surface area contributed by atoms with E-state index in [1.54, 1.807) is 0 Å². The minimum atomic E-state index is -0.197. The van der Waals surface area contributed by atoms with Crippen LogP contribution in [0.5, 0.6) is 0 Å². The van der Waals surface area contributed by atoms with E-state index in [0.717, 1.165) is 18.4 Å². The van der Waals surface area contributed by atoms with Crippen molar-refractivity contribution < 1.29 is 9.53 Å². The molecule has 1 saturated heterocycles. The van der Waals surface area contributed by atoms with Crippen molar-refractivity contribution in [1.29, 1.82) is 0 Å². The summed E-state index contributed by atoms with van der Waals surface area (Å²) in [6.45, 7) is 1.95. The number of rotatable bonds is 1. The Hall–Kier alpha value is -2.04. The molecule has 1 amide bonds. The van der Waals surface area contributed by atoms with E-state index < -0.39 is 0 Å². The van der Waals surface area contributed by atoms with Crippen molar-refractivity contribution in [2.75, 3.05) is 19.7 Å². The second-order valence-electron chi connectivity index (χ2n) is 5.12. The number of hydrogen-bond acceptors (Lipinski definition) is 4. The van der Waals surface area contributed by atoms with Gasteiger partial charge in [-0.3, -0.25) is 4.79 Å². The molecule has 100 valence electrons. The standard InChI is InChI=1S/C14H17N3O2/c15-13-16-14(10-19-13)6-8-17(9-7-14)12(18)11-4-2-1-3-5-11/h1-5H,6-10H2,(H2,15,16). The van der Waals surface area contributed by atoms with E-state index in [1.807, 2.05) is 35.2 Å². The normalized spacial score (nSPS) is 21.1. The predicted molar refractivity (Wildman–Crippen MR) is 71.9 cm³/mol. The Labute approximate surface area is 112 Å². The molecular formula is C14H17N3O2. The summed E-state index contributed by atoms with van der Waals surface area (Å²) >= 11 is 0. The molecule has 1 fully saturated rings. The molecule has 2 aliphatic rings. The van der Waals surface area contributed by atoms with E-state index >= 15 is 0 Å². The first-order valence-corrected chi connectivity index (χ1v) is 6.51. The highest BCUT2D eigenvalue weighted by Gasteiger charge is 2.40. The highest BCUT2D eigenvalue weighted by molar-refractivity contribution is 5.94. The Bertz CT molecular complexity index is 505. The minimum absolute atomic E-state index is 0.0892. The maximum Gasteiger partial charge on any atom is 0.282 e. The fourth-order valence-corrected chi connectivity index (χ4v) is 2.65. The molecule has 1 aromatic carbocycles. The van der Waals surface area contributed by atoms with E-state index in [2.05, 4.69) is 4.99 Å². The van der Waals surface area contributed by atoms with Gasteiger partial charge in [0, 0.05) is 18.7 Å². The fraction of sp³-hybridized carbons (Fsp3) is 0.429. The summed E-state index contributed by atoms with van der Waals surface area (Å²) in [5.41, 5.74) is 6.12. The van der Waals surface area contributed by atoms with Gasteiger partial charge in [0.15, 0.2) is 0 Å². The summed E-state index contributed by atoms with van der Waals surface area (Å²) in [6, 6.07) is 9.66. The molecule has 3 rings (SSSR count). The largest absolute Gasteiger partial charge is 0.463 e. The topological polar surface area (TPSA) is 67.9 Å². The third-order valence-electron chi connectivity index (χ3n) is 3.84. The third kappa shape index (κ3) is 2.28. The van der Waals surface area contributed by atoms with E-state index in [0.29, 0.717) is 19.7 Å². The van der Waals surface area contributed by atoms with Crippen LogP contribution in [0.4, 0.5) is 0 Å². The van der Waals surface area contributed by atoms with Crippen molar-refractivity contribution in [2.45, 2.75) is 18.4 Å². The molecule has 0 radical (unpaired) electrons. The Kier molecular flexibility index (Phi) is 2.89. The van der Waals surface area contributed by atoms with Crippen LogP contribution in [0.1, 0.15) is 23.2 Å². The van der Waals surface area contributed by atoms with E-state index in [4.69, 9.17) is 10.5 Å². The molecule has 1 spiro atoms. The lowest BCUT2D eigenvalue weighted by Crippen LogP contribution is -2.46. The minimum Gasteiger partial charge on any atom is -0.463 e. The second-order valence-corrected chi connectivity index (χ2v) is 5.12. The van der Waals surface area contributed by atoms with Crippen LogP contribution in [0.15, 0.2) is 35.3 Å². The average molecular weight is 259 g/mol. The van der Waals surface area contributed by atoms with Gasteiger partial charge in [-0.2, -0.15) is 0 Å². The number of nitrogens with two attached hydrogens (primary N) is 1. The molecule has 0 aliphatic carbocycles. The molecule has 19 heavy (non-hydrogen) atoms. The zero-order valence-corrected chi connectivity index (χ0v) is 10.7. The van der Waals surface area contributed by atoms with Crippen LogP contribution in [-0.4, -0.2) is 42.1 Å². The molecule has 0 unspecified atom stereocenters. The summed E-state index contributed by atoms with van der Waals surface area (Å²) in [5.74, 6) is 0.0892. The molecular weight excluding hydrogens is 242 g/mol. The SMILES string of the molecule is NC1=NC2(CCN(C(=O)c3ccccc3)CC2)CO1. The summed E-state index contributed by atoms with van der Waals surface area (Å²) in [6.07, 6.45) is 1.62. The number of piperidine rings is 1. The molecule has 5 nitrogen and oxygen atoms in total. The highest BCUT2D eigenvalue weighted by Crippen LogP contribution is 2.30. The lowest BCUT2D eigenvalue weighted by Gasteiger charge is -2.36. The van der Waals surface area contributed by atoms with E-state index in [-0.39, 0.29) is 17.5 Å². The zero-order valence-electron chi connectivity index (χ0n) is 10.7. The van der Waals surface area contributed by atoms with E-state index in [1.165, 1.54) is 0 Å². The maximum absolute atomic E-state index is 12.3. The highest BCUT2D eigenvalue weighted by atomic mass is 16.5.